The van der Waals surface area contributed by atoms with Crippen LogP contribution in [0.25, 0.3) is 0 Å². The second-order valence-electron chi connectivity index (χ2n) is 6.88. The van der Waals surface area contributed by atoms with Gasteiger partial charge in [-0.25, -0.2) is 9.59 Å². The average molecular weight is 356 g/mol. The Morgan fingerprint density at radius 1 is 1.20 bits per heavy atom. The predicted octanol–water partition coefficient (Wildman–Crippen LogP) is 2.00. The van der Waals surface area contributed by atoms with E-state index in [1.54, 1.807) is 20.8 Å². The number of amides is 1. The molecule has 8 nitrogen and oxygen atoms in total. The molecule has 2 atom stereocenters. The van der Waals surface area contributed by atoms with Gasteiger partial charge >= 0.3 is 18.0 Å². The van der Waals surface area contributed by atoms with Crippen molar-refractivity contribution in [2.45, 2.75) is 70.6 Å². The van der Waals surface area contributed by atoms with E-state index in [9.17, 15) is 14.4 Å². The van der Waals surface area contributed by atoms with Crippen LogP contribution in [0.5, 0.6) is 0 Å². The van der Waals surface area contributed by atoms with E-state index in [4.69, 9.17) is 9.47 Å². The van der Waals surface area contributed by atoms with Gasteiger partial charge in [0.1, 0.15) is 5.60 Å². The van der Waals surface area contributed by atoms with E-state index in [1.165, 1.54) is 14.2 Å². The van der Waals surface area contributed by atoms with Crippen molar-refractivity contribution in [1.29, 1.82) is 0 Å². The lowest BCUT2D eigenvalue weighted by Gasteiger charge is -2.28. The van der Waals surface area contributed by atoms with Crippen LogP contribution >= 0.6 is 0 Å². The molecule has 1 fully saturated rings. The van der Waals surface area contributed by atoms with E-state index in [0.717, 1.165) is 12.8 Å². The first-order chi connectivity index (χ1) is 11.7. The van der Waals surface area contributed by atoms with Gasteiger partial charge in [0.05, 0.1) is 26.7 Å². The molecule has 8 heteroatoms. The zero-order chi connectivity index (χ0) is 19.0. The Hall–Kier alpha value is -2.12. The van der Waals surface area contributed by atoms with Crippen LogP contribution in [-0.2, 0) is 23.8 Å². The van der Waals surface area contributed by atoms with E-state index in [2.05, 4.69) is 15.0 Å². The molecule has 0 aliphatic heterocycles. The number of esters is 2. The number of nitrogens with one attached hydrogen (secondary N) is 1. The van der Waals surface area contributed by atoms with Crippen molar-refractivity contribution in [3.8, 4) is 0 Å². The molecule has 142 valence electrons. The summed E-state index contributed by atoms with van der Waals surface area (Å²) in [5.41, 5.74) is 0.0617. The van der Waals surface area contributed by atoms with Crippen LogP contribution in [0.3, 0.4) is 0 Å². The molecule has 0 bridgehead atoms. The van der Waals surface area contributed by atoms with Gasteiger partial charge in [-0.05, 0) is 40.0 Å². The molecule has 0 unspecified atom stereocenters. The van der Waals surface area contributed by atoms with Gasteiger partial charge in [-0.15, -0.1) is 0 Å². The Labute approximate surface area is 148 Å². The predicted molar refractivity (Wildman–Crippen MR) is 91.5 cm³/mol. The second-order valence-corrected chi connectivity index (χ2v) is 6.88. The fourth-order valence-electron chi connectivity index (χ4n) is 2.51. The Morgan fingerprint density at radius 2 is 1.88 bits per heavy atom. The summed E-state index contributed by atoms with van der Waals surface area (Å²) in [6.07, 6.45) is 2.43. The van der Waals surface area contributed by atoms with Crippen LogP contribution in [0.15, 0.2) is 4.99 Å². The number of carbonyl (C=O) groups excluding carboxylic acids is 3. The molecule has 0 aromatic heterocycles. The van der Waals surface area contributed by atoms with Crippen LogP contribution in [-0.4, -0.2) is 55.6 Å². The fourth-order valence-corrected chi connectivity index (χ4v) is 2.51. The first kappa shape index (κ1) is 20.9. The molecule has 1 aliphatic carbocycles. The Balaban J connectivity index is 2.90. The number of rotatable bonds is 5. The van der Waals surface area contributed by atoms with E-state index in [1.807, 2.05) is 0 Å². The number of hydrogen-bond acceptors (Lipinski definition) is 7. The lowest BCUT2D eigenvalue weighted by molar-refractivity contribution is -0.148. The smallest absolute Gasteiger partial charge is 0.408 e. The summed E-state index contributed by atoms with van der Waals surface area (Å²) in [4.78, 5) is 39.8. The summed E-state index contributed by atoms with van der Waals surface area (Å²) < 4.78 is 14.6. The molecule has 25 heavy (non-hydrogen) atoms. The van der Waals surface area contributed by atoms with Crippen molar-refractivity contribution < 1.29 is 28.6 Å². The highest BCUT2D eigenvalue weighted by Crippen LogP contribution is 2.19. The molecule has 0 spiro atoms. The van der Waals surface area contributed by atoms with Gasteiger partial charge in [0.25, 0.3) is 0 Å². The normalized spacial score (nSPS) is 20.5. The molecular weight excluding hydrogens is 328 g/mol. The van der Waals surface area contributed by atoms with Crippen molar-refractivity contribution in [2.75, 3.05) is 14.2 Å². The minimum Gasteiger partial charge on any atom is -0.469 e. The van der Waals surface area contributed by atoms with Gasteiger partial charge in [0, 0.05) is 5.71 Å². The quantitative estimate of drug-likeness (QED) is 0.597. The lowest BCUT2D eigenvalue weighted by Crippen LogP contribution is -2.45. The first-order valence-electron chi connectivity index (χ1n) is 8.37. The van der Waals surface area contributed by atoms with Crippen molar-refractivity contribution in [3.05, 3.63) is 0 Å². The number of methoxy groups -OCH3 is 2. The number of alkyl carbamates (subject to hydrolysis) is 1. The molecule has 0 saturated heterocycles. The molecule has 1 amide bonds. The highest BCUT2D eigenvalue weighted by molar-refractivity contribution is 5.95. The summed E-state index contributed by atoms with van der Waals surface area (Å²) >= 11 is 0. The summed E-state index contributed by atoms with van der Waals surface area (Å²) in [6, 6.07) is -1.30. The van der Waals surface area contributed by atoms with Gasteiger partial charge in [0.15, 0.2) is 6.04 Å². The third-order valence-electron chi connectivity index (χ3n) is 3.65. The summed E-state index contributed by atoms with van der Waals surface area (Å²) in [5.74, 6) is -1.16. The second kappa shape index (κ2) is 9.39. The van der Waals surface area contributed by atoms with Crippen molar-refractivity contribution in [2.24, 2.45) is 4.99 Å². The Morgan fingerprint density at radius 3 is 2.44 bits per heavy atom. The van der Waals surface area contributed by atoms with E-state index in [0.29, 0.717) is 18.6 Å². The third kappa shape index (κ3) is 7.53. The number of carbonyl (C=O) groups is 3. The van der Waals surface area contributed by atoms with E-state index >= 15 is 0 Å². The SMILES string of the molecule is COC(=O)C[C@H](N=C1CCCC[C@@H]1NC(=O)OC(C)(C)C)C(=O)OC. The van der Waals surface area contributed by atoms with Gasteiger partial charge in [-0.1, -0.05) is 6.42 Å². The van der Waals surface area contributed by atoms with Gasteiger partial charge < -0.3 is 19.5 Å². The maximum absolute atomic E-state index is 12.0. The molecule has 1 aliphatic rings. The number of hydrogen-bond donors (Lipinski definition) is 1. The summed E-state index contributed by atoms with van der Waals surface area (Å²) in [7, 11) is 2.49. The lowest BCUT2D eigenvalue weighted by atomic mass is 9.93. The minimum atomic E-state index is -0.978. The van der Waals surface area contributed by atoms with Crippen LogP contribution in [0.1, 0.15) is 52.9 Å². The largest absolute Gasteiger partial charge is 0.469 e. The van der Waals surface area contributed by atoms with Gasteiger partial charge in [-0.2, -0.15) is 0 Å². The molecule has 1 rings (SSSR count). The van der Waals surface area contributed by atoms with Crippen molar-refractivity contribution in [3.63, 3.8) is 0 Å². The Bertz CT molecular complexity index is 524. The van der Waals surface area contributed by atoms with Crippen LogP contribution < -0.4 is 5.32 Å². The highest BCUT2D eigenvalue weighted by Gasteiger charge is 2.29. The summed E-state index contributed by atoms with van der Waals surface area (Å²) in [6.45, 7) is 5.35. The molecular formula is C17H28N2O6. The standard InChI is InChI=1S/C17H28N2O6/c1-17(2,3)25-16(22)19-12-9-7-6-8-11(12)18-13(15(21)24-5)10-14(20)23-4/h12-13H,6-10H2,1-5H3,(H,19,22)/t12-,13-/m0/s1. The van der Waals surface area contributed by atoms with E-state index in [-0.39, 0.29) is 12.5 Å². The highest BCUT2D eigenvalue weighted by atomic mass is 16.6. The third-order valence-corrected chi connectivity index (χ3v) is 3.65. The van der Waals surface area contributed by atoms with Crippen molar-refractivity contribution in [1.82, 2.24) is 5.32 Å². The molecule has 0 aromatic rings. The van der Waals surface area contributed by atoms with Crippen LogP contribution in [0.2, 0.25) is 0 Å². The zero-order valence-electron chi connectivity index (χ0n) is 15.6. The average Bonchev–Trinajstić information content (AvgIpc) is 2.53. The number of nitrogens with zero attached hydrogens (tertiary/aromatic N) is 1. The van der Waals surface area contributed by atoms with Crippen LogP contribution in [0.4, 0.5) is 4.79 Å². The maximum Gasteiger partial charge on any atom is 0.408 e. The van der Waals surface area contributed by atoms with Gasteiger partial charge in [-0.3, -0.25) is 9.79 Å². The van der Waals surface area contributed by atoms with Gasteiger partial charge in [0.2, 0.25) is 0 Å². The first-order valence-corrected chi connectivity index (χ1v) is 8.37. The number of ether oxygens (including phenoxy) is 3. The molecule has 0 radical (unpaired) electrons. The molecule has 0 aromatic carbocycles. The Kier molecular flexibility index (Phi) is 7.86. The zero-order valence-corrected chi connectivity index (χ0v) is 15.6. The summed E-state index contributed by atoms with van der Waals surface area (Å²) in [5, 5.41) is 2.79. The molecule has 1 saturated carbocycles. The molecule has 0 heterocycles. The van der Waals surface area contributed by atoms with Crippen molar-refractivity contribution >= 4 is 23.7 Å². The molecule has 1 N–H and O–H groups in total. The topological polar surface area (TPSA) is 103 Å². The fraction of sp³-hybridized carbons (Fsp3) is 0.765. The number of aliphatic imine (C=N–C) groups is 1. The monoisotopic (exact) mass is 356 g/mol. The van der Waals surface area contributed by atoms with Crippen LogP contribution in [0, 0.1) is 0 Å². The minimum absolute atomic E-state index is 0.203. The maximum atomic E-state index is 12.0. The van der Waals surface area contributed by atoms with E-state index < -0.39 is 29.7 Å².